The Bertz CT molecular complexity index is 681. The predicted octanol–water partition coefficient (Wildman–Crippen LogP) is 3.80. The molecule has 2 rings (SSSR count). The molecule has 0 aliphatic heterocycles. The molecule has 3 nitrogen and oxygen atoms in total. The molecule has 0 aliphatic rings. The van der Waals surface area contributed by atoms with E-state index in [1.54, 1.807) is 12.1 Å². The first-order valence-electron chi connectivity index (χ1n) is 5.65. The summed E-state index contributed by atoms with van der Waals surface area (Å²) < 4.78 is 0.876. The minimum atomic E-state index is 0.575. The minimum absolute atomic E-state index is 0.575. The average molecular weight is 312 g/mol. The van der Waals surface area contributed by atoms with Gasteiger partial charge in [0.25, 0.3) is 0 Å². The van der Waals surface area contributed by atoms with Crippen molar-refractivity contribution in [1.82, 2.24) is 0 Å². The standard InChI is InChI=1S/C15H10BrN3/c16-14-4-5-15(13(7-14)9-18)19-10-12-3-1-2-11(6-12)8-17/h1-7,19H,10H2. The molecule has 0 spiro atoms. The smallest absolute Gasteiger partial charge is 0.101 e. The normalized spacial score (nSPS) is 9.42. The van der Waals surface area contributed by atoms with Crippen LogP contribution < -0.4 is 5.32 Å². The molecule has 1 N–H and O–H groups in total. The van der Waals surface area contributed by atoms with Gasteiger partial charge in [-0.05, 0) is 35.9 Å². The van der Waals surface area contributed by atoms with Crippen LogP contribution in [0.15, 0.2) is 46.9 Å². The van der Waals surface area contributed by atoms with Crippen LogP contribution in [-0.2, 0) is 6.54 Å². The van der Waals surface area contributed by atoms with Gasteiger partial charge in [-0.25, -0.2) is 0 Å². The number of benzene rings is 2. The zero-order chi connectivity index (χ0) is 13.7. The summed E-state index contributed by atoms with van der Waals surface area (Å²) >= 11 is 3.34. The Kier molecular flexibility index (Phi) is 4.18. The molecule has 0 aromatic heterocycles. The highest BCUT2D eigenvalue weighted by molar-refractivity contribution is 9.10. The van der Waals surface area contributed by atoms with Crippen molar-refractivity contribution in [3.63, 3.8) is 0 Å². The van der Waals surface area contributed by atoms with E-state index < -0.39 is 0 Å². The van der Waals surface area contributed by atoms with Crippen LogP contribution in [0.1, 0.15) is 16.7 Å². The number of hydrogen-bond donors (Lipinski definition) is 1. The minimum Gasteiger partial charge on any atom is -0.380 e. The predicted molar refractivity (Wildman–Crippen MR) is 77.3 cm³/mol. The molecule has 0 bridgehead atoms. The summed E-state index contributed by atoms with van der Waals surface area (Å²) in [6.45, 7) is 0.575. The first kappa shape index (κ1) is 13.1. The fraction of sp³-hybridized carbons (Fsp3) is 0.0667. The monoisotopic (exact) mass is 311 g/mol. The molecule has 19 heavy (non-hydrogen) atoms. The van der Waals surface area contributed by atoms with Gasteiger partial charge < -0.3 is 5.32 Å². The van der Waals surface area contributed by atoms with Gasteiger partial charge in [0.05, 0.1) is 22.9 Å². The Labute approximate surface area is 120 Å². The van der Waals surface area contributed by atoms with Crippen molar-refractivity contribution >= 4 is 21.6 Å². The molecule has 2 aromatic carbocycles. The van der Waals surface area contributed by atoms with E-state index in [0.717, 1.165) is 15.7 Å². The van der Waals surface area contributed by atoms with E-state index in [1.807, 2.05) is 30.3 Å². The van der Waals surface area contributed by atoms with Crippen LogP contribution in [0.25, 0.3) is 0 Å². The SMILES string of the molecule is N#Cc1cccc(CNc2ccc(Br)cc2C#N)c1. The number of nitriles is 2. The number of nitrogens with one attached hydrogen (secondary N) is 1. The Morgan fingerprint density at radius 2 is 1.89 bits per heavy atom. The summed E-state index contributed by atoms with van der Waals surface area (Å²) in [5.41, 5.74) is 3.01. The molecule has 0 aliphatic carbocycles. The quantitative estimate of drug-likeness (QED) is 0.937. The Balaban J connectivity index is 2.15. The van der Waals surface area contributed by atoms with E-state index in [9.17, 15) is 0 Å². The summed E-state index contributed by atoms with van der Waals surface area (Å²) in [5.74, 6) is 0. The summed E-state index contributed by atoms with van der Waals surface area (Å²) in [6, 6.07) is 17.2. The molecule has 0 saturated carbocycles. The van der Waals surface area contributed by atoms with Crippen LogP contribution in [-0.4, -0.2) is 0 Å². The third kappa shape index (κ3) is 3.34. The van der Waals surface area contributed by atoms with E-state index >= 15 is 0 Å². The van der Waals surface area contributed by atoms with Gasteiger partial charge in [0.2, 0.25) is 0 Å². The molecular formula is C15H10BrN3. The second-order valence-corrected chi connectivity index (χ2v) is 4.88. The number of rotatable bonds is 3. The summed E-state index contributed by atoms with van der Waals surface area (Å²) in [7, 11) is 0. The summed E-state index contributed by atoms with van der Waals surface area (Å²) in [5, 5.41) is 21.1. The Hall–Kier alpha value is -2.30. The van der Waals surface area contributed by atoms with Crippen LogP contribution in [0.5, 0.6) is 0 Å². The lowest BCUT2D eigenvalue weighted by molar-refractivity contribution is 1.14. The van der Waals surface area contributed by atoms with Gasteiger partial charge in [-0.3, -0.25) is 0 Å². The maximum Gasteiger partial charge on any atom is 0.101 e. The first-order valence-corrected chi connectivity index (χ1v) is 6.45. The fourth-order valence-corrected chi connectivity index (χ4v) is 2.07. The topological polar surface area (TPSA) is 59.6 Å². The number of halogens is 1. The lowest BCUT2D eigenvalue weighted by atomic mass is 10.1. The molecule has 2 aromatic rings. The Morgan fingerprint density at radius 1 is 1.05 bits per heavy atom. The molecule has 0 heterocycles. The number of anilines is 1. The van der Waals surface area contributed by atoms with Gasteiger partial charge in [-0.2, -0.15) is 10.5 Å². The van der Waals surface area contributed by atoms with Crippen LogP contribution >= 0.6 is 15.9 Å². The second kappa shape index (κ2) is 6.04. The van der Waals surface area contributed by atoms with Crippen molar-refractivity contribution in [2.75, 3.05) is 5.32 Å². The Morgan fingerprint density at radius 3 is 2.63 bits per heavy atom. The van der Waals surface area contributed by atoms with Crippen molar-refractivity contribution in [1.29, 1.82) is 10.5 Å². The van der Waals surface area contributed by atoms with Gasteiger partial charge in [0, 0.05) is 11.0 Å². The number of hydrogen-bond acceptors (Lipinski definition) is 3. The van der Waals surface area contributed by atoms with Gasteiger partial charge in [-0.1, -0.05) is 28.1 Å². The molecule has 0 unspecified atom stereocenters. The van der Waals surface area contributed by atoms with Gasteiger partial charge in [0.1, 0.15) is 6.07 Å². The third-order valence-electron chi connectivity index (χ3n) is 2.64. The van der Waals surface area contributed by atoms with Crippen molar-refractivity contribution in [2.45, 2.75) is 6.54 Å². The van der Waals surface area contributed by atoms with E-state index in [1.165, 1.54) is 0 Å². The van der Waals surface area contributed by atoms with Crippen LogP contribution in [0.3, 0.4) is 0 Å². The fourth-order valence-electron chi connectivity index (χ4n) is 1.71. The van der Waals surface area contributed by atoms with E-state index in [-0.39, 0.29) is 0 Å². The first-order chi connectivity index (χ1) is 9.22. The molecular weight excluding hydrogens is 302 g/mol. The highest BCUT2D eigenvalue weighted by atomic mass is 79.9. The molecule has 92 valence electrons. The molecule has 0 saturated heterocycles. The van der Waals surface area contributed by atoms with Crippen molar-refractivity contribution in [2.24, 2.45) is 0 Å². The maximum absolute atomic E-state index is 9.07. The van der Waals surface area contributed by atoms with Crippen LogP contribution in [0, 0.1) is 22.7 Å². The molecule has 4 heteroatoms. The average Bonchev–Trinajstić information content (AvgIpc) is 2.46. The van der Waals surface area contributed by atoms with Crippen molar-refractivity contribution in [3.05, 3.63) is 63.6 Å². The summed E-state index contributed by atoms with van der Waals surface area (Å²) in [6.07, 6.45) is 0. The summed E-state index contributed by atoms with van der Waals surface area (Å²) in [4.78, 5) is 0. The molecule has 0 radical (unpaired) electrons. The highest BCUT2D eigenvalue weighted by Crippen LogP contribution is 2.21. The second-order valence-electron chi connectivity index (χ2n) is 3.97. The number of nitrogens with zero attached hydrogens (tertiary/aromatic N) is 2. The lowest BCUT2D eigenvalue weighted by Crippen LogP contribution is -2.01. The van der Waals surface area contributed by atoms with Gasteiger partial charge >= 0.3 is 0 Å². The molecule has 0 atom stereocenters. The van der Waals surface area contributed by atoms with Crippen LogP contribution in [0.2, 0.25) is 0 Å². The lowest BCUT2D eigenvalue weighted by Gasteiger charge is -2.08. The maximum atomic E-state index is 9.07. The van der Waals surface area contributed by atoms with E-state index in [4.69, 9.17) is 10.5 Å². The largest absolute Gasteiger partial charge is 0.380 e. The molecule has 0 fully saturated rings. The van der Waals surface area contributed by atoms with E-state index in [2.05, 4.69) is 33.4 Å². The van der Waals surface area contributed by atoms with Gasteiger partial charge in [0.15, 0.2) is 0 Å². The highest BCUT2D eigenvalue weighted by Gasteiger charge is 2.02. The van der Waals surface area contributed by atoms with Crippen molar-refractivity contribution in [3.8, 4) is 12.1 Å². The van der Waals surface area contributed by atoms with E-state index in [0.29, 0.717) is 17.7 Å². The third-order valence-corrected chi connectivity index (χ3v) is 3.13. The van der Waals surface area contributed by atoms with Gasteiger partial charge in [-0.15, -0.1) is 0 Å². The molecule has 0 amide bonds. The van der Waals surface area contributed by atoms with Crippen molar-refractivity contribution < 1.29 is 0 Å². The zero-order valence-corrected chi connectivity index (χ0v) is 11.6. The zero-order valence-electron chi connectivity index (χ0n) is 10.0. The van der Waals surface area contributed by atoms with Crippen LogP contribution in [0.4, 0.5) is 5.69 Å².